The van der Waals surface area contributed by atoms with Crippen LogP contribution < -0.4 is 15.0 Å². The summed E-state index contributed by atoms with van der Waals surface area (Å²) in [6.07, 6.45) is 4.35. The molecule has 0 amide bonds. The molecule has 1 aliphatic carbocycles. The van der Waals surface area contributed by atoms with E-state index in [9.17, 15) is 5.11 Å². The van der Waals surface area contributed by atoms with Gasteiger partial charge in [-0.25, -0.2) is 0 Å². The Labute approximate surface area is 118 Å². The molecule has 5 nitrogen and oxygen atoms in total. The van der Waals surface area contributed by atoms with Crippen molar-refractivity contribution in [1.82, 2.24) is 5.48 Å². The third-order valence-corrected chi connectivity index (χ3v) is 3.78. The fraction of sp³-hybridized carbons (Fsp3) is 0.600. The molecule has 1 atom stereocenters. The minimum absolute atomic E-state index is 0.294. The van der Waals surface area contributed by atoms with Gasteiger partial charge in [0.15, 0.2) is 11.5 Å². The van der Waals surface area contributed by atoms with Gasteiger partial charge in [-0.15, -0.1) is 0 Å². The van der Waals surface area contributed by atoms with Crippen molar-refractivity contribution in [3.63, 3.8) is 0 Å². The Bertz CT molecular complexity index is 445. The standard InChI is InChI=1S/C15H21NO4/c17-13(10-16-20-12-3-1-2-4-12)11-5-6-14-15(9-11)19-8-7-18-14/h5-6,9,12-13,16-17H,1-4,7-8,10H2. The van der Waals surface area contributed by atoms with E-state index in [0.717, 1.165) is 24.2 Å². The molecule has 1 saturated carbocycles. The summed E-state index contributed by atoms with van der Waals surface area (Å²) in [5, 5.41) is 10.2. The topological polar surface area (TPSA) is 60.0 Å². The van der Waals surface area contributed by atoms with Gasteiger partial charge in [-0.3, -0.25) is 4.84 Å². The SMILES string of the molecule is OC(CNOC1CCCC1)c1ccc2c(c1)OCCO2. The number of aliphatic hydroxyl groups is 1. The Morgan fingerprint density at radius 2 is 1.95 bits per heavy atom. The van der Waals surface area contributed by atoms with Crippen LogP contribution in [-0.2, 0) is 4.84 Å². The molecule has 1 fully saturated rings. The van der Waals surface area contributed by atoms with E-state index in [0.29, 0.717) is 31.6 Å². The van der Waals surface area contributed by atoms with E-state index in [1.54, 1.807) is 0 Å². The zero-order valence-electron chi connectivity index (χ0n) is 11.5. The first kappa shape index (κ1) is 13.7. The van der Waals surface area contributed by atoms with Crippen LogP contribution in [0, 0.1) is 0 Å². The fourth-order valence-electron chi connectivity index (χ4n) is 2.64. The molecule has 1 aromatic carbocycles. The van der Waals surface area contributed by atoms with Gasteiger partial charge < -0.3 is 14.6 Å². The van der Waals surface area contributed by atoms with Crippen LogP contribution in [0.15, 0.2) is 18.2 Å². The number of rotatable bonds is 5. The molecule has 1 aromatic rings. The smallest absolute Gasteiger partial charge is 0.161 e. The maximum atomic E-state index is 10.2. The second-order valence-corrected chi connectivity index (χ2v) is 5.29. The van der Waals surface area contributed by atoms with Crippen molar-refractivity contribution in [2.45, 2.75) is 37.9 Å². The molecule has 1 unspecified atom stereocenters. The maximum Gasteiger partial charge on any atom is 0.161 e. The Morgan fingerprint density at radius 1 is 1.20 bits per heavy atom. The van der Waals surface area contributed by atoms with E-state index in [4.69, 9.17) is 14.3 Å². The molecule has 5 heteroatoms. The highest BCUT2D eigenvalue weighted by Gasteiger charge is 2.18. The number of fused-ring (bicyclic) bond motifs is 1. The summed E-state index contributed by atoms with van der Waals surface area (Å²) >= 11 is 0. The van der Waals surface area contributed by atoms with Gasteiger partial charge in [0.25, 0.3) is 0 Å². The monoisotopic (exact) mass is 279 g/mol. The Kier molecular flexibility index (Phi) is 4.40. The second kappa shape index (κ2) is 6.43. The van der Waals surface area contributed by atoms with Gasteiger partial charge in [-0.1, -0.05) is 18.9 Å². The second-order valence-electron chi connectivity index (χ2n) is 5.29. The van der Waals surface area contributed by atoms with E-state index < -0.39 is 6.10 Å². The van der Waals surface area contributed by atoms with Gasteiger partial charge in [0.2, 0.25) is 0 Å². The van der Waals surface area contributed by atoms with Crippen molar-refractivity contribution in [1.29, 1.82) is 0 Å². The lowest BCUT2D eigenvalue weighted by molar-refractivity contribution is -0.0372. The van der Waals surface area contributed by atoms with E-state index >= 15 is 0 Å². The van der Waals surface area contributed by atoms with Crippen LogP contribution in [0.25, 0.3) is 0 Å². The van der Waals surface area contributed by atoms with Crippen LogP contribution in [-0.4, -0.2) is 31.0 Å². The quantitative estimate of drug-likeness (QED) is 0.807. The first-order valence-corrected chi connectivity index (χ1v) is 7.29. The predicted octanol–water partition coefficient (Wildman–Crippen LogP) is 1.95. The lowest BCUT2D eigenvalue weighted by Crippen LogP contribution is -2.26. The number of benzene rings is 1. The molecule has 1 heterocycles. The van der Waals surface area contributed by atoms with Crippen LogP contribution >= 0.6 is 0 Å². The predicted molar refractivity (Wildman–Crippen MR) is 73.7 cm³/mol. The Morgan fingerprint density at radius 3 is 2.75 bits per heavy atom. The molecular weight excluding hydrogens is 258 g/mol. The minimum Gasteiger partial charge on any atom is -0.486 e. The summed E-state index contributed by atoms with van der Waals surface area (Å²) in [5.41, 5.74) is 3.69. The van der Waals surface area contributed by atoms with Crippen molar-refractivity contribution in [2.24, 2.45) is 0 Å². The van der Waals surface area contributed by atoms with Crippen LogP contribution in [0.2, 0.25) is 0 Å². The number of ether oxygens (including phenoxy) is 2. The summed E-state index contributed by atoms with van der Waals surface area (Å²) in [7, 11) is 0. The Balaban J connectivity index is 1.52. The van der Waals surface area contributed by atoms with Crippen molar-refractivity contribution in [3.05, 3.63) is 23.8 Å². The molecule has 110 valence electrons. The van der Waals surface area contributed by atoms with Crippen LogP contribution in [0.3, 0.4) is 0 Å². The summed E-state index contributed by atoms with van der Waals surface area (Å²) in [5.74, 6) is 1.44. The van der Waals surface area contributed by atoms with E-state index in [2.05, 4.69) is 5.48 Å². The first-order chi connectivity index (χ1) is 9.83. The van der Waals surface area contributed by atoms with Gasteiger partial charge in [0, 0.05) is 0 Å². The summed E-state index contributed by atoms with van der Waals surface area (Å²) in [4.78, 5) is 5.54. The van der Waals surface area contributed by atoms with Gasteiger partial charge in [-0.05, 0) is 30.5 Å². The zero-order valence-corrected chi connectivity index (χ0v) is 11.5. The molecule has 0 radical (unpaired) electrons. The largest absolute Gasteiger partial charge is 0.486 e. The highest BCUT2D eigenvalue weighted by atomic mass is 16.7. The van der Waals surface area contributed by atoms with Crippen molar-refractivity contribution >= 4 is 0 Å². The Hall–Kier alpha value is -1.30. The fourth-order valence-corrected chi connectivity index (χ4v) is 2.64. The number of nitrogens with one attached hydrogen (secondary N) is 1. The average Bonchev–Trinajstić information content (AvgIpc) is 3.00. The molecule has 20 heavy (non-hydrogen) atoms. The normalized spacial score (nSPS) is 20.1. The lowest BCUT2D eigenvalue weighted by Gasteiger charge is -2.20. The molecule has 2 N–H and O–H groups in total. The van der Waals surface area contributed by atoms with Gasteiger partial charge in [-0.2, -0.15) is 5.48 Å². The number of hydrogen-bond donors (Lipinski definition) is 2. The molecule has 2 aliphatic rings. The van der Waals surface area contributed by atoms with E-state index in [-0.39, 0.29) is 0 Å². The van der Waals surface area contributed by atoms with Crippen LogP contribution in [0.4, 0.5) is 0 Å². The number of hydrogen-bond acceptors (Lipinski definition) is 5. The third-order valence-electron chi connectivity index (χ3n) is 3.78. The molecule has 1 aliphatic heterocycles. The molecule has 0 spiro atoms. The number of hydroxylamine groups is 1. The van der Waals surface area contributed by atoms with Gasteiger partial charge in [0.1, 0.15) is 13.2 Å². The summed E-state index contributed by atoms with van der Waals surface area (Å²) < 4.78 is 11.0. The van der Waals surface area contributed by atoms with Crippen LogP contribution in [0.1, 0.15) is 37.4 Å². The highest BCUT2D eigenvalue weighted by Crippen LogP contribution is 2.32. The molecule has 0 saturated heterocycles. The van der Waals surface area contributed by atoms with E-state index in [1.807, 2.05) is 18.2 Å². The molecule has 0 bridgehead atoms. The summed E-state index contributed by atoms with van der Waals surface area (Å²) in [6.45, 7) is 1.50. The van der Waals surface area contributed by atoms with E-state index in [1.165, 1.54) is 12.8 Å². The maximum absolute atomic E-state index is 10.2. The summed E-state index contributed by atoms with van der Waals surface area (Å²) in [6, 6.07) is 5.52. The lowest BCUT2D eigenvalue weighted by atomic mass is 10.1. The number of aliphatic hydroxyl groups excluding tert-OH is 1. The van der Waals surface area contributed by atoms with Crippen LogP contribution in [0.5, 0.6) is 11.5 Å². The average molecular weight is 279 g/mol. The third kappa shape index (κ3) is 3.23. The van der Waals surface area contributed by atoms with Crippen molar-refractivity contribution < 1.29 is 19.4 Å². The highest BCUT2D eigenvalue weighted by molar-refractivity contribution is 5.44. The zero-order chi connectivity index (χ0) is 13.8. The minimum atomic E-state index is -0.618. The molecule has 0 aromatic heterocycles. The molecule has 3 rings (SSSR count). The molecular formula is C15H21NO4. The van der Waals surface area contributed by atoms with Crippen molar-refractivity contribution in [2.75, 3.05) is 19.8 Å². The van der Waals surface area contributed by atoms with Gasteiger partial charge in [0.05, 0.1) is 18.8 Å². The van der Waals surface area contributed by atoms with Gasteiger partial charge >= 0.3 is 0 Å². The van der Waals surface area contributed by atoms with Crippen molar-refractivity contribution in [3.8, 4) is 11.5 Å². The first-order valence-electron chi connectivity index (χ1n) is 7.29.